The number of benzene rings is 2. The van der Waals surface area contributed by atoms with Crippen LogP contribution in [0.5, 0.6) is 0 Å². The number of hydrogen-bond acceptors (Lipinski definition) is 5. The van der Waals surface area contributed by atoms with Gasteiger partial charge in [-0.25, -0.2) is 9.78 Å². The number of urea groups is 1. The maximum atomic E-state index is 13.0. The Hall–Kier alpha value is -3.72. The quantitative estimate of drug-likeness (QED) is 0.477. The molecule has 8 nitrogen and oxygen atoms in total. The first-order valence-electron chi connectivity index (χ1n) is 10.7. The predicted octanol–water partition coefficient (Wildman–Crippen LogP) is 4.23. The molecule has 0 atom stereocenters. The first-order chi connectivity index (χ1) is 15.8. The standard InChI is InChI=1S/C24H24N6O2S/c1-13-4-5-16(10-14(13)2)22-21(23(25)31)19-12-29(8-9-30(19)28-22)24(32)27-17-6-7-20-18(11-17)26-15(3)33-20/h4-7,10-11H,8-9,12H2,1-3H3,(H2,25,31)(H,27,32). The molecule has 0 aliphatic carbocycles. The van der Waals surface area contributed by atoms with Crippen molar-refractivity contribution in [3.05, 3.63) is 63.8 Å². The van der Waals surface area contributed by atoms with E-state index in [1.807, 2.05) is 57.2 Å². The Bertz CT molecular complexity index is 1420. The van der Waals surface area contributed by atoms with Crippen molar-refractivity contribution in [2.24, 2.45) is 5.73 Å². The Morgan fingerprint density at radius 2 is 1.88 bits per heavy atom. The van der Waals surface area contributed by atoms with Gasteiger partial charge in [-0.05, 0) is 56.2 Å². The van der Waals surface area contributed by atoms with Gasteiger partial charge in [0.2, 0.25) is 0 Å². The van der Waals surface area contributed by atoms with E-state index in [9.17, 15) is 9.59 Å². The molecule has 0 radical (unpaired) electrons. The summed E-state index contributed by atoms with van der Waals surface area (Å²) in [6, 6.07) is 11.4. The number of thiazole rings is 1. The number of nitrogens with one attached hydrogen (secondary N) is 1. The van der Waals surface area contributed by atoms with Crippen LogP contribution in [0.25, 0.3) is 21.5 Å². The summed E-state index contributed by atoms with van der Waals surface area (Å²) in [6.07, 6.45) is 0. The lowest BCUT2D eigenvalue weighted by Crippen LogP contribution is -2.41. The molecule has 2 aromatic heterocycles. The normalized spacial score (nSPS) is 13.2. The number of primary amides is 1. The van der Waals surface area contributed by atoms with E-state index in [0.717, 1.165) is 31.9 Å². The van der Waals surface area contributed by atoms with Crippen LogP contribution in [0.1, 0.15) is 32.2 Å². The molecule has 2 aromatic carbocycles. The van der Waals surface area contributed by atoms with Crippen LogP contribution in [0.4, 0.5) is 10.5 Å². The molecule has 0 spiro atoms. The van der Waals surface area contributed by atoms with Crippen LogP contribution in [0.15, 0.2) is 36.4 Å². The number of aromatic nitrogens is 3. The van der Waals surface area contributed by atoms with Gasteiger partial charge >= 0.3 is 6.03 Å². The molecule has 3 N–H and O–H groups in total. The molecular weight excluding hydrogens is 436 g/mol. The highest BCUT2D eigenvalue weighted by Crippen LogP contribution is 2.30. The summed E-state index contributed by atoms with van der Waals surface area (Å²) in [4.78, 5) is 31.6. The number of anilines is 1. The minimum atomic E-state index is -0.545. The maximum Gasteiger partial charge on any atom is 0.322 e. The summed E-state index contributed by atoms with van der Waals surface area (Å²) in [7, 11) is 0. The molecule has 0 unspecified atom stereocenters. The van der Waals surface area contributed by atoms with Crippen molar-refractivity contribution in [2.75, 3.05) is 11.9 Å². The van der Waals surface area contributed by atoms with Crippen LogP contribution >= 0.6 is 11.3 Å². The lowest BCUT2D eigenvalue weighted by atomic mass is 10.0. The molecule has 9 heteroatoms. The van der Waals surface area contributed by atoms with Gasteiger partial charge in [0, 0.05) is 17.8 Å². The van der Waals surface area contributed by atoms with Gasteiger partial charge in [0.1, 0.15) is 5.69 Å². The highest BCUT2D eigenvalue weighted by atomic mass is 32.1. The fourth-order valence-electron chi connectivity index (χ4n) is 4.16. The molecule has 5 rings (SSSR count). The van der Waals surface area contributed by atoms with Crippen molar-refractivity contribution >= 4 is 39.2 Å². The second-order valence-corrected chi connectivity index (χ2v) is 9.56. The monoisotopic (exact) mass is 460 g/mol. The molecule has 0 saturated carbocycles. The molecule has 0 bridgehead atoms. The first-order valence-corrected chi connectivity index (χ1v) is 11.5. The lowest BCUT2D eigenvalue weighted by Gasteiger charge is -2.28. The predicted molar refractivity (Wildman–Crippen MR) is 129 cm³/mol. The number of aryl methyl sites for hydroxylation is 3. The molecule has 0 saturated heterocycles. The van der Waals surface area contributed by atoms with Crippen LogP contribution in [0.3, 0.4) is 0 Å². The van der Waals surface area contributed by atoms with Crippen molar-refractivity contribution in [2.45, 2.75) is 33.9 Å². The molecule has 3 heterocycles. The molecule has 0 fully saturated rings. The summed E-state index contributed by atoms with van der Waals surface area (Å²) >= 11 is 1.62. The summed E-state index contributed by atoms with van der Waals surface area (Å²) in [5.41, 5.74) is 12.0. The topological polar surface area (TPSA) is 106 Å². The number of carbonyl (C=O) groups is 2. The Morgan fingerprint density at radius 1 is 1.06 bits per heavy atom. The third-order valence-electron chi connectivity index (χ3n) is 6.04. The van der Waals surface area contributed by atoms with Gasteiger partial charge < -0.3 is 16.0 Å². The number of rotatable bonds is 3. The molecule has 1 aliphatic rings. The SMILES string of the molecule is Cc1nc2cc(NC(=O)N3CCn4nc(-c5ccc(C)c(C)c5)c(C(N)=O)c4C3)ccc2s1. The molecule has 33 heavy (non-hydrogen) atoms. The highest BCUT2D eigenvalue weighted by molar-refractivity contribution is 7.18. The van der Waals surface area contributed by atoms with E-state index in [2.05, 4.69) is 15.4 Å². The van der Waals surface area contributed by atoms with E-state index in [4.69, 9.17) is 5.73 Å². The second-order valence-electron chi connectivity index (χ2n) is 8.32. The van der Waals surface area contributed by atoms with Gasteiger partial charge in [-0.1, -0.05) is 12.1 Å². The fourth-order valence-corrected chi connectivity index (χ4v) is 4.97. The average Bonchev–Trinajstić information content (AvgIpc) is 3.34. The number of amides is 3. The van der Waals surface area contributed by atoms with Gasteiger partial charge in [0.05, 0.1) is 39.6 Å². The first kappa shape index (κ1) is 21.1. The maximum absolute atomic E-state index is 13.0. The third-order valence-corrected chi connectivity index (χ3v) is 6.99. The Balaban J connectivity index is 1.42. The number of fused-ring (bicyclic) bond motifs is 2. The van der Waals surface area contributed by atoms with Crippen LogP contribution in [-0.2, 0) is 13.1 Å². The Kier molecular flexibility index (Phi) is 5.13. The Labute approximate surface area is 195 Å². The zero-order valence-corrected chi connectivity index (χ0v) is 19.5. The van der Waals surface area contributed by atoms with Crippen molar-refractivity contribution < 1.29 is 9.59 Å². The minimum absolute atomic E-state index is 0.239. The number of carbonyl (C=O) groups excluding carboxylic acids is 2. The van der Waals surface area contributed by atoms with Crippen LogP contribution in [0, 0.1) is 20.8 Å². The van der Waals surface area contributed by atoms with Gasteiger partial charge in [0.15, 0.2) is 0 Å². The Morgan fingerprint density at radius 3 is 2.64 bits per heavy atom. The number of hydrogen-bond donors (Lipinski definition) is 2. The summed E-state index contributed by atoms with van der Waals surface area (Å²) in [6.45, 7) is 7.23. The van der Waals surface area contributed by atoms with Gasteiger partial charge in [0.25, 0.3) is 5.91 Å². The van der Waals surface area contributed by atoms with Gasteiger partial charge in [-0.3, -0.25) is 9.48 Å². The van der Waals surface area contributed by atoms with E-state index >= 15 is 0 Å². The summed E-state index contributed by atoms with van der Waals surface area (Å²) in [5.74, 6) is -0.545. The molecule has 168 valence electrons. The largest absolute Gasteiger partial charge is 0.365 e. The third kappa shape index (κ3) is 3.84. The van der Waals surface area contributed by atoms with Crippen molar-refractivity contribution in [1.82, 2.24) is 19.7 Å². The average molecular weight is 461 g/mol. The molecular formula is C24H24N6O2S. The van der Waals surface area contributed by atoms with Gasteiger partial charge in [-0.15, -0.1) is 11.3 Å². The van der Waals surface area contributed by atoms with E-state index in [0.29, 0.717) is 35.7 Å². The van der Waals surface area contributed by atoms with Crippen molar-refractivity contribution in [3.63, 3.8) is 0 Å². The minimum Gasteiger partial charge on any atom is -0.365 e. The van der Waals surface area contributed by atoms with Crippen molar-refractivity contribution in [1.29, 1.82) is 0 Å². The van der Waals surface area contributed by atoms with E-state index < -0.39 is 5.91 Å². The smallest absolute Gasteiger partial charge is 0.322 e. The summed E-state index contributed by atoms with van der Waals surface area (Å²) in [5, 5.41) is 8.61. The molecule has 3 amide bonds. The summed E-state index contributed by atoms with van der Waals surface area (Å²) < 4.78 is 2.87. The van der Waals surface area contributed by atoms with Crippen molar-refractivity contribution in [3.8, 4) is 11.3 Å². The zero-order valence-electron chi connectivity index (χ0n) is 18.7. The van der Waals surface area contributed by atoms with Crippen LogP contribution in [0.2, 0.25) is 0 Å². The zero-order chi connectivity index (χ0) is 23.3. The second kappa shape index (κ2) is 8.00. The van der Waals surface area contributed by atoms with E-state index in [-0.39, 0.29) is 12.6 Å². The van der Waals surface area contributed by atoms with Crippen LogP contribution < -0.4 is 11.1 Å². The number of nitrogens with two attached hydrogens (primary N) is 1. The lowest BCUT2D eigenvalue weighted by molar-refractivity contribution is 0.0997. The van der Waals surface area contributed by atoms with Gasteiger partial charge in [-0.2, -0.15) is 5.10 Å². The molecule has 4 aromatic rings. The van der Waals surface area contributed by atoms with E-state index in [1.54, 1.807) is 20.9 Å². The highest BCUT2D eigenvalue weighted by Gasteiger charge is 2.29. The van der Waals surface area contributed by atoms with E-state index in [1.165, 1.54) is 0 Å². The van der Waals surface area contributed by atoms with Crippen LogP contribution in [-0.4, -0.2) is 38.1 Å². The number of nitrogens with zero attached hydrogens (tertiary/aromatic N) is 4. The fraction of sp³-hybridized carbons (Fsp3) is 0.250. The molecule has 1 aliphatic heterocycles.